The van der Waals surface area contributed by atoms with Crippen LogP contribution in [0.5, 0.6) is 0 Å². The van der Waals surface area contributed by atoms with Crippen molar-refractivity contribution in [2.75, 3.05) is 13.2 Å². The van der Waals surface area contributed by atoms with Crippen LogP contribution in [0.1, 0.15) is 19.3 Å². The van der Waals surface area contributed by atoms with E-state index in [1.807, 2.05) is 0 Å². The molecule has 2 fully saturated rings. The Hall–Kier alpha value is -0.0800. The topological polar surface area (TPSA) is 35.2 Å². The van der Waals surface area contributed by atoms with Crippen LogP contribution >= 0.6 is 0 Å². The van der Waals surface area contributed by atoms with Crippen LogP contribution in [0, 0.1) is 5.41 Å². The molecule has 2 nitrogen and oxygen atoms in total. The highest BCUT2D eigenvalue weighted by atomic mass is 16.5. The normalized spacial score (nSPS) is 49.7. The lowest BCUT2D eigenvalue weighted by atomic mass is 9.99. The van der Waals surface area contributed by atoms with Gasteiger partial charge in [-0.2, -0.15) is 0 Å². The van der Waals surface area contributed by atoms with E-state index >= 15 is 0 Å². The van der Waals surface area contributed by atoms with E-state index < -0.39 is 0 Å². The molecular weight excluding hydrogens is 114 g/mol. The van der Waals surface area contributed by atoms with Crippen LogP contribution in [0.15, 0.2) is 0 Å². The Labute approximate surface area is 55.4 Å². The molecule has 1 saturated heterocycles. The standard InChI is InChI=1S/C7H13NO/c8-6-4-7(6)2-1-3-9-5-7/h6H,1-5,8H2/t6-,7+/m1/s1. The van der Waals surface area contributed by atoms with E-state index in [1.165, 1.54) is 19.3 Å². The average Bonchev–Trinajstić information content (AvgIpc) is 2.44. The molecule has 0 unspecified atom stereocenters. The summed E-state index contributed by atoms with van der Waals surface area (Å²) in [6.07, 6.45) is 3.72. The molecule has 1 aliphatic carbocycles. The lowest BCUT2D eigenvalue weighted by molar-refractivity contribution is 0.0412. The van der Waals surface area contributed by atoms with Gasteiger partial charge >= 0.3 is 0 Å². The summed E-state index contributed by atoms with van der Waals surface area (Å²) in [5, 5.41) is 0. The minimum absolute atomic E-state index is 0.443. The smallest absolute Gasteiger partial charge is 0.0537 e. The fourth-order valence-electron chi connectivity index (χ4n) is 1.71. The molecule has 2 atom stereocenters. The highest BCUT2D eigenvalue weighted by Crippen LogP contribution is 2.50. The van der Waals surface area contributed by atoms with Crippen molar-refractivity contribution >= 4 is 0 Å². The maximum absolute atomic E-state index is 5.75. The minimum atomic E-state index is 0.443. The molecule has 1 aliphatic heterocycles. The zero-order valence-electron chi connectivity index (χ0n) is 5.60. The summed E-state index contributed by atoms with van der Waals surface area (Å²) < 4.78 is 5.34. The molecule has 1 heterocycles. The van der Waals surface area contributed by atoms with Gasteiger partial charge in [0, 0.05) is 18.1 Å². The first kappa shape index (κ1) is 5.69. The maximum Gasteiger partial charge on any atom is 0.0537 e. The second-order valence-electron chi connectivity index (χ2n) is 3.33. The van der Waals surface area contributed by atoms with Gasteiger partial charge in [-0.05, 0) is 19.3 Å². The van der Waals surface area contributed by atoms with Gasteiger partial charge in [-0.3, -0.25) is 0 Å². The van der Waals surface area contributed by atoms with Crippen LogP contribution in [-0.2, 0) is 4.74 Å². The molecule has 0 bridgehead atoms. The predicted molar refractivity (Wildman–Crippen MR) is 35.1 cm³/mol. The van der Waals surface area contributed by atoms with Crippen LogP contribution in [0.3, 0.4) is 0 Å². The largest absolute Gasteiger partial charge is 0.381 e. The number of hydrogen-bond donors (Lipinski definition) is 1. The predicted octanol–water partition coefficient (Wildman–Crippen LogP) is 0.514. The third-order valence-electron chi connectivity index (χ3n) is 2.61. The molecule has 0 aromatic heterocycles. The van der Waals surface area contributed by atoms with Crippen molar-refractivity contribution in [2.24, 2.45) is 11.1 Å². The summed E-state index contributed by atoms with van der Waals surface area (Å²) in [5.41, 5.74) is 6.19. The quantitative estimate of drug-likeness (QED) is 0.514. The van der Waals surface area contributed by atoms with Crippen LogP contribution in [0.25, 0.3) is 0 Å². The molecule has 1 saturated carbocycles. The second kappa shape index (κ2) is 1.70. The Morgan fingerprint density at radius 3 is 2.67 bits per heavy atom. The van der Waals surface area contributed by atoms with Crippen molar-refractivity contribution < 1.29 is 4.74 Å². The molecule has 2 heteroatoms. The van der Waals surface area contributed by atoms with Crippen LogP contribution < -0.4 is 5.73 Å². The summed E-state index contributed by atoms with van der Waals surface area (Å²) in [5.74, 6) is 0. The third kappa shape index (κ3) is 0.775. The van der Waals surface area contributed by atoms with Crippen LogP contribution in [-0.4, -0.2) is 19.3 Å². The molecule has 2 N–H and O–H groups in total. The van der Waals surface area contributed by atoms with E-state index in [4.69, 9.17) is 10.5 Å². The van der Waals surface area contributed by atoms with Gasteiger partial charge in [-0.25, -0.2) is 0 Å². The molecule has 0 aromatic carbocycles. The summed E-state index contributed by atoms with van der Waals surface area (Å²) in [6, 6.07) is 0.456. The first-order chi connectivity index (χ1) is 4.33. The molecule has 9 heavy (non-hydrogen) atoms. The monoisotopic (exact) mass is 127 g/mol. The van der Waals surface area contributed by atoms with Gasteiger partial charge in [0.15, 0.2) is 0 Å². The van der Waals surface area contributed by atoms with Crippen molar-refractivity contribution in [1.29, 1.82) is 0 Å². The molecule has 2 aliphatic rings. The van der Waals surface area contributed by atoms with E-state index in [0.29, 0.717) is 11.5 Å². The lowest BCUT2D eigenvalue weighted by Crippen LogP contribution is -2.24. The van der Waals surface area contributed by atoms with Gasteiger partial charge < -0.3 is 10.5 Å². The summed E-state index contributed by atoms with van der Waals surface area (Å²) in [6.45, 7) is 1.88. The van der Waals surface area contributed by atoms with Crippen LogP contribution in [0.2, 0.25) is 0 Å². The maximum atomic E-state index is 5.75. The highest BCUT2D eigenvalue weighted by Gasteiger charge is 2.52. The fourth-order valence-corrected chi connectivity index (χ4v) is 1.71. The lowest BCUT2D eigenvalue weighted by Gasteiger charge is -2.21. The van der Waals surface area contributed by atoms with Crippen molar-refractivity contribution in [3.8, 4) is 0 Å². The zero-order chi connectivity index (χ0) is 6.32. The minimum Gasteiger partial charge on any atom is -0.381 e. The van der Waals surface area contributed by atoms with E-state index in [2.05, 4.69) is 0 Å². The first-order valence-corrected chi connectivity index (χ1v) is 3.67. The molecule has 0 aromatic rings. The van der Waals surface area contributed by atoms with E-state index in [-0.39, 0.29) is 0 Å². The molecule has 52 valence electrons. The Balaban J connectivity index is 1.97. The molecule has 1 spiro atoms. The van der Waals surface area contributed by atoms with Crippen molar-refractivity contribution in [2.45, 2.75) is 25.3 Å². The van der Waals surface area contributed by atoms with Gasteiger partial charge in [0.2, 0.25) is 0 Å². The van der Waals surface area contributed by atoms with Gasteiger partial charge in [0.05, 0.1) is 6.61 Å². The van der Waals surface area contributed by atoms with E-state index in [0.717, 1.165) is 13.2 Å². The van der Waals surface area contributed by atoms with Gasteiger partial charge in [-0.1, -0.05) is 0 Å². The fraction of sp³-hybridized carbons (Fsp3) is 1.00. The summed E-state index contributed by atoms with van der Waals surface area (Å²) >= 11 is 0. The number of ether oxygens (including phenoxy) is 1. The summed E-state index contributed by atoms with van der Waals surface area (Å²) in [7, 11) is 0. The number of hydrogen-bond acceptors (Lipinski definition) is 2. The zero-order valence-corrected chi connectivity index (χ0v) is 5.60. The van der Waals surface area contributed by atoms with Crippen molar-refractivity contribution in [1.82, 2.24) is 0 Å². The molecule has 2 rings (SSSR count). The second-order valence-corrected chi connectivity index (χ2v) is 3.33. The Morgan fingerprint density at radius 2 is 2.33 bits per heavy atom. The van der Waals surface area contributed by atoms with Gasteiger partial charge in [-0.15, -0.1) is 0 Å². The Kier molecular flexibility index (Phi) is 1.08. The number of nitrogens with two attached hydrogens (primary N) is 1. The third-order valence-corrected chi connectivity index (χ3v) is 2.61. The Morgan fingerprint density at radius 1 is 1.56 bits per heavy atom. The average molecular weight is 127 g/mol. The van der Waals surface area contributed by atoms with Gasteiger partial charge in [0.25, 0.3) is 0 Å². The van der Waals surface area contributed by atoms with E-state index in [9.17, 15) is 0 Å². The van der Waals surface area contributed by atoms with Crippen LogP contribution in [0.4, 0.5) is 0 Å². The molecule has 0 radical (unpaired) electrons. The van der Waals surface area contributed by atoms with Crippen molar-refractivity contribution in [3.05, 3.63) is 0 Å². The van der Waals surface area contributed by atoms with E-state index in [1.54, 1.807) is 0 Å². The molecular formula is C7H13NO. The highest BCUT2D eigenvalue weighted by molar-refractivity contribution is 5.06. The molecule has 0 amide bonds. The Bertz CT molecular complexity index is 118. The van der Waals surface area contributed by atoms with Crippen molar-refractivity contribution in [3.63, 3.8) is 0 Å². The SMILES string of the molecule is N[C@@H]1C[C@]12CCCOC2. The number of rotatable bonds is 0. The van der Waals surface area contributed by atoms with Gasteiger partial charge in [0.1, 0.15) is 0 Å². The first-order valence-electron chi connectivity index (χ1n) is 3.67. The summed E-state index contributed by atoms with van der Waals surface area (Å²) in [4.78, 5) is 0.